The number of carboxylic acid groups (broad SMARTS) is 1. The third-order valence-corrected chi connectivity index (χ3v) is 6.38. The molecule has 3 aromatic carbocycles. The number of benzene rings is 3. The largest absolute Gasteiger partial charge is 0.493 e. The standard InChI is InChI=1S/C32H39NO5/c1-5-17-33(18-6-2)31(34)25-13-15-27(16-14-25)37-19-10-20-38-30-23(4)21-26(22-24(30)7-3)28-11-8-9-12-29(28)32(35)36/h8-9,11-16,21-22H,5-7,10,17-20H2,1-4H3,(H,35,36). The Balaban J connectivity index is 1.56. The van der Waals surface area contributed by atoms with E-state index < -0.39 is 5.97 Å². The third kappa shape index (κ3) is 7.37. The smallest absolute Gasteiger partial charge is 0.336 e. The zero-order chi connectivity index (χ0) is 27.5. The molecule has 0 bridgehead atoms. The average molecular weight is 518 g/mol. The molecule has 1 N–H and O–H groups in total. The van der Waals surface area contributed by atoms with Gasteiger partial charge in [0.1, 0.15) is 11.5 Å². The molecule has 0 saturated heterocycles. The van der Waals surface area contributed by atoms with Crippen molar-refractivity contribution in [3.05, 3.63) is 82.9 Å². The number of hydrogen-bond acceptors (Lipinski definition) is 4. The van der Waals surface area contributed by atoms with Crippen molar-refractivity contribution < 1.29 is 24.2 Å². The van der Waals surface area contributed by atoms with Gasteiger partial charge in [-0.25, -0.2) is 4.79 Å². The van der Waals surface area contributed by atoms with Crippen LogP contribution in [0, 0.1) is 6.92 Å². The number of carbonyl (C=O) groups is 2. The van der Waals surface area contributed by atoms with Gasteiger partial charge in [0.2, 0.25) is 0 Å². The molecule has 0 heterocycles. The topological polar surface area (TPSA) is 76.1 Å². The number of aromatic carboxylic acids is 1. The van der Waals surface area contributed by atoms with Crippen LogP contribution >= 0.6 is 0 Å². The number of amides is 1. The summed E-state index contributed by atoms with van der Waals surface area (Å²) in [5.41, 5.74) is 4.56. The Labute approximate surface area is 226 Å². The van der Waals surface area contributed by atoms with Crippen molar-refractivity contribution in [3.63, 3.8) is 0 Å². The molecule has 1 amide bonds. The first-order valence-corrected chi connectivity index (χ1v) is 13.5. The molecule has 0 saturated carbocycles. The van der Waals surface area contributed by atoms with Gasteiger partial charge in [-0.3, -0.25) is 4.79 Å². The molecular weight excluding hydrogens is 478 g/mol. The second-order valence-electron chi connectivity index (χ2n) is 9.35. The summed E-state index contributed by atoms with van der Waals surface area (Å²) >= 11 is 0. The lowest BCUT2D eigenvalue weighted by atomic mass is 9.95. The van der Waals surface area contributed by atoms with Crippen LogP contribution in [0.2, 0.25) is 0 Å². The van der Waals surface area contributed by atoms with Crippen LogP contribution < -0.4 is 9.47 Å². The Morgan fingerprint density at radius 1 is 0.868 bits per heavy atom. The van der Waals surface area contributed by atoms with Crippen molar-refractivity contribution >= 4 is 11.9 Å². The first-order chi connectivity index (χ1) is 18.4. The van der Waals surface area contributed by atoms with E-state index in [9.17, 15) is 14.7 Å². The molecule has 6 nitrogen and oxygen atoms in total. The Kier molecular flexibility index (Phi) is 10.8. The molecular formula is C32H39NO5. The van der Waals surface area contributed by atoms with Crippen LogP contribution in [0.15, 0.2) is 60.7 Å². The third-order valence-electron chi connectivity index (χ3n) is 6.38. The summed E-state index contributed by atoms with van der Waals surface area (Å²) in [6.07, 6.45) is 3.36. The van der Waals surface area contributed by atoms with Crippen LogP contribution in [0.3, 0.4) is 0 Å². The van der Waals surface area contributed by atoms with Crippen molar-refractivity contribution in [2.75, 3.05) is 26.3 Å². The van der Waals surface area contributed by atoms with Gasteiger partial charge < -0.3 is 19.5 Å². The average Bonchev–Trinajstić information content (AvgIpc) is 2.93. The van der Waals surface area contributed by atoms with E-state index in [4.69, 9.17) is 9.47 Å². The fraction of sp³-hybridized carbons (Fsp3) is 0.375. The molecule has 3 rings (SSSR count). The second-order valence-corrected chi connectivity index (χ2v) is 9.35. The molecule has 3 aromatic rings. The zero-order valence-corrected chi connectivity index (χ0v) is 23.0. The lowest BCUT2D eigenvalue weighted by Gasteiger charge is -2.21. The minimum atomic E-state index is -0.937. The first-order valence-electron chi connectivity index (χ1n) is 13.5. The Bertz CT molecular complexity index is 1210. The predicted octanol–water partition coefficient (Wildman–Crippen LogP) is 7.03. The van der Waals surface area contributed by atoms with Gasteiger partial charge in [0.15, 0.2) is 0 Å². The van der Waals surface area contributed by atoms with E-state index in [1.54, 1.807) is 12.1 Å². The summed E-state index contributed by atoms with van der Waals surface area (Å²) in [6.45, 7) is 10.7. The van der Waals surface area contributed by atoms with Gasteiger partial charge in [-0.05, 0) is 90.9 Å². The molecule has 202 valence electrons. The van der Waals surface area contributed by atoms with Gasteiger partial charge in [-0.15, -0.1) is 0 Å². The maximum Gasteiger partial charge on any atom is 0.336 e. The van der Waals surface area contributed by atoms with Crippen LogP contribution in [-0.4, -0.2) is 48.2 Å². The Hall–Kier alpha value is -3.80. The number of nitrogens with zero attached hydrogens (tertiary/aromatic N) is 1. The summed E-state index contributed by atoms with van der Waals surface area (Å²) in [7, 11) is 0. The number of rotatable bonds is 14. The lowest BCUT2D eigenvalue weighted by molar-refractivity contribution is 0.0696. The summed E-state index contributed by atoms with van der Waals surface area (Å²) in [4.78, 5) is 26.3. The molecule has 38 heavy (non-hydrogen) atoms. The fourth-order valence-corrected chi connectivity index (χ4v) is 4.55. The number of aryl methyl sites for hydroxylation is 2. The van der Waals surface area contributed by atoms with Crippen molar-refractivity contribution in [2.24, 2.45) is 0 Å². The maximum atomic E-state index is 12.7. The summed E-state index contributed by atoms with van der Waals surface area (Å²) in [5, 5.41) is 9.57. The van der Waals surface area contributed by atoms with Crippen molar-refractivity contribution in [1.82, 2.24) is 4.90 Å². The quantitative estimate of drug-likeness (QED) is 0.232. The van der Waals surface area contributed by atoms with Gasteiger partial charge in [0.05, 0.1) is 18.8 Å². The van der Waals surface area contributed by atoms with E-state index in [1.165, 1.54) is 0 Å². The lowest BCUT2D eigenvalue weighted by Crippen LogP contribution is -2.32. The highest BCUT2D eigenvalue weighted by molar-refractivity contribution is 5.96. The van der Waals surface area contributed by atoms with E-state index in [0.29, 0.717) is 30.8 Å². The van der Waals surface area contributed by atoms with Crippen molar-refractivity contribution in [1.29, 1.82) is 0 Å². The zero-order valence-electron chi connectivity index (χ0n) is 23.0. The highest BCUT2D eigenvalue weighted by Crippen LogP contribution is 2.33. The highest BCUT2D eigenvalue weighted by atomic mass is 16.5. The van der Waals surface area contributed by atoms with Gasteiger partial charge >= 0.3 is 5.97 Å². The van der Waals surface area contributed by atoms with Crippen molar-refractivity contribution in [2.45, 2.75) is 53.4 Å². The molecule has 0 fully saturated rings. The molecule has 0 aliphatic heterocycles. The second kappa shape index (κ2) is 14.2. The molecule has 6 heteroatoms. The minimum absolute atomic E-state index is 0.0632. The molecule has 0 radical (unpaired) electrons. The van der Waals surface area contributed by atoms with Crippen molar-refractivity contribution in [3.8, 4) is 22.6 Å². The van der Waals surface area contributed by atoms with Gasteiger partial charge in [-0.1, -0.05) is 39.0 Å². The number of ether oxygens (including phenoxy) is 2. The van der Waals surface area contributed by atoms with Gasteiger partial charge in [0, 0.05) is 25.1 Å². The molecule has 0 atom stereocenters. The van der Waals surface area contributed by atoms with Crippen LogP contribution in [0.5, 0.6) is 11.5 Å². The molecule has 0 aliphatic carbocycles. The SMILES string of the molecule is CCCN(CCC)C(=O)c1ccc(OCCCOc2c(C)cc(-c3ccccc3C(=O)O)cc2CC)cc1. The van der Waals surface area contributed by atoms with Crippen LogP contribution in [0.1, 0.15) is 71.9 Å². The number of carbonyl (C=O) groups excluding carboxylic acids is 1. The number of hydrogen-bond donors (Lipinski definition) is 1. The monoisotopic (exact) mass is 517 g/mol. The Morgan fingerprint density at radius 3 is 2.16 bits per heavy atom. The summed E-state index contributed by atoms with van der Waals surface area (Å²) in [5.74, 6) is 0.697. The van der Waals surface area contributed by atoms with E-state index in [0.717, 1.165) is 60.5 Å². The van der Waals surface area contributed by atoms with Crippen LogP contribution in [0.25, 0.3) is 11.1 Å². The van der Waals surface area contributed by atoms with E-state index >= 15 is 0 Å². The minimum Gasteiger partial charge on any atom is -0.493 e. The maximum absolute atomic E-state index is 12.7. The normalized spacial score (nSPS) is 10.7. The highest BCUT2D eigenvalue weighted by Gasteiger charge is 2.16. The van der Waals surface area contributed by atoms with Gasteiger partial charge in [-0.2, -0.15) is 0 Å². The first kappa shape index (κ1) is 28.8. The Morgan fingerprint density at radius 2 is 1.53 bits per heavy atom. The molecule has 0 aliphatic rings. The fourth-order valence-electron chi connectivity index (χ4n) is 4.55. The van der Waals surface area contributed by atoms with Crippen LogP contribution in [0.4, 0.5) is 0 Å². The summed E-state index contributed by atoms with van der Waals surface area (Å²) < 4.78 is 12.0. The molecule has 0 spiro atoms. The molecule has 0 aromatic heterocycles. The van der Waals surface area contributed by atoms with Gasteiger partial charge in [0.25, 0.3) is 5.91 Å². The molecule has 0 unspecified atom stereocenters. The van der Waals surface area contributed by atoms with E-state index in [-0.39, 0.29) is 11.5 Å². The predicted molar refractivity (Wildman–Crippen MR) is 151 cm³/mol. The summed E-state index contributed by atoms with van der Waals surface area (Å²) in [6, 6.07) is 18.4. The van der Waals surface area contributed by atoms with E-state index in [1.807, 2.05) is 60.4 Å². The van der Waals surface area contributed by atoms with Crippen LogP contribution in [-0.2, 0) is 6.42 Å². The number of carboxylic acids is 1. The van der Waals surface area contributed by atoms with E-state index in [2.05, 4.69) is 20.8 Å².